The molecule has 0 aliphatic heterocycles. The van der Waals surface area contributed by atoms with Crippen molar-refractivity contribution in [3.05, 3.63) is 59.1 Å². The number of carbonyl (C=O) groups is 1. The van der Waals surface area contributed by atoms with Gasteiger partial charge in [0.05, 0.1) is 6.42 Å². The highest BCUT2D eigenvalue weighted by molar-refractivity contribution is 6.33. The molecule has 2 aromatic carbocycles. The van der Waals surface area contributed by atoms with Crippen LogP contribution < -0.4 is 0 Å². The summed E-state index contributed by atoms with van der Waals surface area (Å²) in [6, 6.07) is 15.5. The van der Waals surface area contributed by atoms with E-state index in [-0.39, 0.29) is 6.42 Å². The summed E-state index contributed by atoms with van der Waals surface area (Å²) < 4.78 is 0. The maximum Gasteiger partial charge on any atom is 0.304 e. The molecule has 104 valence electrons. The lowest BCUT2D eigenvalue weighted by Gasteiger charge is -2.08. The molecule has 0 aromatic heterocycles. The van der Waals surface area contributed by atoms with Crippen LogP contribution in [0.2, 0.25) is 5.02 Å². The summed E-state index contributed by atoms with van der Waals surface area (Å²) in [5, 5.41) is 9.01. The molecule has 0 radical (unpaired) electrons. The monoisotopic (exact) mass is 308 g/mol. The van der Waals surface area contributed by atoms with Crippen LogP contribution in [-0.2, 0) is 11.2 Å². The molecule has 0 aliphatic rings. The average molecular weight is 309 g/mol. The molecule has 2 nitrogen and oxygen atoms in total. The largest absolute Gasteiger partial charge is 0.481 e. The zero-order valence-electron chi connectivity index (χ0n) is 10.7. The number of benzene rings is 2. The average Bonchev–Trinajstić information content (AvgIpc) is 2.39. The molecule has 2 aromatic rings. The molecule has 2 rings (SSSR count). The highest BCUT2D eigenvalue weighted by atomic mass is 35.5. The van der Waals surface area contributed by atoms with Crippen molar-refractivity contribution in [2.45, 2.75) is 18.2 Å². The molecule has 4 heteroatoms. The topological polar surface area (TPSA) is 37.3 Å². The minimum Gasteiger partial charge on any atom is -0.481 e. The number of hydrogen-bond donors (Lipinski definition) is 1. The van der Waals surface area contributed by atoms with Gasteiger partial charge in [-0.3, -0.25) is 4.79 Å². The van der Waals surface area contributed by atoms with Crippen molar-refractivity contribution in [2.24, 2.45) is 0 Å². The maximum absolute atomic E-state index is 10.6. The van der Waals surface area contributed by atoms with Crippen LogP contribution in [0.15, 0.2) is 48.5 Å². The Balaban J connectivity index is 2.11. The van der Waals surface area contributed by atoms with Crippen LogP contribution in [-0.4, -0.2) is 16.5 Å². The normalized spacial score (nSPS) is 12.1. The molecule has 0 saturated carbocycles. The minimum absolute atomic E-state index is 0.0339. The SMILES string of the molecule is O=C(O)CC(Cl)Cc1ccc(-c2ccccc2Cl)cc1. The summed E-state index contributed by atoms with van der Waals surface area (Å²) >= 11 is 12.1. The molecule has 0 spiro atoms. The second kappa shape index (κ2) is 6.78. The molecular formula is C16H14Cl2O2. The zero-order valence-corrected chi connectivity index (χ0v) is 12.2. The van der Waals surface area contributed by atoms with Gasteiger partial charge >= 0.3 is 5.97 Å². The Kier molecular flexibility index (Phi) is 5.05. The van der Waals surface area contributed by atoms with E-state index in [1.165, 1.54) is 0 Å². The van der Waals surface area contributed by atoms with Crippen LogP contribution in [0, 0.1) is 0 Å². The third-order valence-corrected chi connectivity index (χ3v) is 3.63. The fourth-order valence-corrected chi connectivity index (χ4v) is 2.59. The highest BCUT2D eigenvalue weighted by Crippen LogP contribution is 2.27. The number of carboxylic acids is 1. The van der Waals surface area contributed by atoms with Gasteiger partial charge in [0.2, 0.25) is 0 Å². The van der Waals surface area contributed by atoms with Gasteiger partial charge in [-0.15, -0.1) is 11.6 Å². The van der Waals surface area contributed by atoms with E-state index in [4.69, 9.17) is 28.3 Å². The Morgan fingerprint density at radius 2 is 1.75 bits per heavy atom. The van der Waals surface area contributed by atoms with E-state index < -0.39 is 11.3 Å². The van der Waals surface area contributed by atoms with Crippen molar-refractivity contribution in [3.63, 3.8) is 0 Å². The lowest BCUT2D eigenvalue weighted by Crippen LogP contribution is -2.09. The van der Waals surface area contributed by atoms with Crippen molar-refractivity contribution in [3.8, 4) is 11.1 Å². The summed E-state index contributed by atoms with van der Waals surface area (Å²) in [4.78, 5) is 10.6. The minimum atomic E-state index is -0.877. The first-order chi connectivity index (χ1) is 9.56. The van der Waals surface area contributed by atoms with Crippen LogP contribution in [0.4, 0.5) is 0 Å². The smallest absolute Gasteiger partial charge is 0.304 e. The Bertz CT molecular complexity index is 594. The number of carboxylic acid groups (broad SMARTS) is 1. The first kappa shape index (κ1) is 14.9. The fourth-order valence-electron chi connectivity index (χ4n) is 2.03. The summed E-state index contributed by atoms with van der Waals surface area (Å²) in [6.45, 7) is 0. The number of aliphatic carboxylic acids is 1. The number of hydrogen-bond acceptors (Lipinski definition) is 1. The second-order valence-corrected chi connectivity index (χ2v) is 5.60. The zero-order chi connectivity index (χ0) is 14.5. The Labute approximate surface area is 128 Å². The fraction of sp³-hybridized carbons (Fsp3) is 0.188. The number of rotatable bonds is 5. The molecular weight excluding hydrogens is 295 g/mol. The van der Waals surface area contributed by atoms with Crippen LogP contribution in [0.1, 0.15) is 12.0 Å². The Morgan fingerprint density at radius 3 is 2.35 bits per heavy atom. The van der Waals surface area contributed by atoms with Crippen molar-refractivity contribution < 1.29 is 9.90 Å². The molecule has 1 atom stereocenters. The molecule has 0 heterocycles. The van der Waals surface area contributed by atoms with Gasteiger partial charge in [-0.1, -0.05) is 54.1 Å². The predicted molar refractivity (Wildman–Crippen MR) is 82.5 cm³/mol. The number of halogens is 2. The van der Waals surface area contributed by atoms with Gasteiger partial charge in [-0.2, -0.15) is 0 Å². The predicted octanol–water partition coefficient (Wildman–Crippen LogP) is 4.63. The van der Waals surface area contributed by atoms with Crippen molar-refractivity contribution in [2.75, 3.05) is 0 Å². The van der Waals surface area contributed by atoms with E-state index in [0.29, 0.717) is 11.4 Å². The van der Waals surface area contributed by atoms with Crippen molar-refractivity contribution >= 4 is 29.2 Å². The van der Waals surface area contributed by atoms with Gasteiger partial charge in [0.15, 0.2) is 0 Å². The third kappa shape index (κ3) is 3.99. The molecule has 0 saturated heterocycles. The van der Waals surface area contributed by atoms with Gasteiger partial charge in [0.25, 0.3) is 0 Å². The van der Waals surface area contributed by atoms with Gasteiger partial charge in [0.1, 0.15) is 0 Å². The summed E-state index contributed by atoms with van der Waals surface area (Å²) in [5.41, 5.74) is 3.03. The molecule has 0 amide bonds. The quantitative estimate of drug-likeness (QED) is 0.818. The van der Waals surface area contributed by atoms with E-state index in [1.807, 2.05) is 48.5 Å². The maximum atomic E-state index is 10.6. The molecule has 0 fully saturated rings. The first-order valence-electron chi connectivity index (χ1n) is 6.26. The summed E-state index contributed by atoms with van der Waals surface area (Å²) in [6.07, 6.45) is 0.504. The van der Waals surface area contributed by atoms with Gasteiger partial charge in [-0.25, -0.2) is 0 Å². The third-order valence-electron chi connectivity index (χ3n) is 2.99. The Morgan fingerprint density at radius 1 is 1.10 bits per heavy atom. The molecule has 20 heavy (non-hydrogen) atoms. The van der Waals surface area contributed by atoms with Gasteiger partial charge in [0, 0.05) is 16.0 Å². The van der Waals surface area contributed by atoms with E-state index in [0.717, 1.165) is 16.7 Å². The molecule has 1 unspecified atom stereocenters. The second-order valence-electron chi connectivity index (χ2n) is 4.58. The number of alkyl halides is 1. The standard InChI is InChI=1S/C16H14Cl2O2/c17-13(10-16(19)20)9-11-5-7-12(8-6-11)14-3-1-2-4-15(14)18/h1-8,13H,9-10H2,(H,19,20). The lowest BCUT2D eigenvalue weighted by molar-refractivity contribution is -0.137. The van der Waals surface area contributed by atoms with Gasteiger partial charge < -0.3 is 5.11 Å². The van der Waals surface area contributed by atoms with Crippen LogP contribution in [0.3, 0.4) is 0 Å². The Hall–Kier alpha value is -1.51. The molecule has 0 bridgehead atoms. The van der Waals surface area contributed by atoms with E-state index in [9.17, 15) is 4.79 Å². The van der Waals surface area contributed by atoms with E-state index >= 15 is 0 Å². The first-order valence-corrected chi connectivity index (χ1v) is 7.07. The molecule has 0 aliphatic carbocycles. The van der Waals surface area contributed by atoms with Crippen LogP contribution in [0.25, 0.3) is 11.1 Å². The molecule has 1 N–H and O–H groups in total. The van der Waals surface area contributed by atoms with E-state index in [1.54, 1.807) is 0 Å². The summed E-state index contributed by atoms with van der Waals surface area (Å²) in [5.74, 6) is -0.877. The van der Waals surface area contributed by atoms with Gasteiger partial charge in [-0.05, 0) is 23.6 Å². The van der Waals surface area contributed by atoms with E-state index in [2.05, 4.69) is 0 Å². The lowest BCUT2D eigenvalue weighted by atomic mass is 10.0. The highest BCUT2D eigenvalue weighted by Gasteiger charge is 2.11. The summed E-state index contributed by atoms with van der Waals surface area (Å²) in [7, 11) is 0. The van der Waals surface area contributed by atoms with Crippen molar-refractivity contribution in [1.82, 2.24) is 0 Å². The van der Waals surface area contributed by atoms with Crippen molar-refractivity contribution in [1.29, 1.82) is 0 Å². The van der Waals surface area contributed by atoms with Crippen LogP contribution >= 0.6 is 23.2 Å². The van der Waals surface area contributed by atoms with Crippen LogP contribution in [0.5, 0.6) is 0 Å².